The Bertz CT molecular complexity index is 1470. The molecule has 3 aromatic rings. The highest BCUT2D eigenvalue weighted by molar-refractivity contribution is 14.1. The maximum atomic E-state index is 13.2. The molecule has 0 atom stereocenters. The highest BCUT2D eigenvalue weighted by Crippen LogP contribution is 2.35. The Balaban J connectivity index is 1.55. The summed E-state index contributed by atoms with van der Waals surface area (Å²) in [5, 5.41) is 5.44. The number of methoxy groups -OCH3 is 1. The van der Waals surface area contributed by atoms with Crippen LogP contribution >= 0.6 is 34.8 Å². The summed E-state index contributed by atoms with van der Waals surface area (Å²) in [6, 6.07) is 17.9. The number of hydrogen-bond donors (Lipinski definition) is 2. The second kappa shape index (κ2) is 11.7. The molecular weight excluding hydrogens is 617 g/mol. The number of para-hydroxylation sites is 1. The minimum Gasteiger partial charge on any atom is -0.493 e. The van der Waals surface area contributed by atoms with E-state index in [0.717, 1.165) is 16.8 Å². The lowest BCUT2D eigenvalue weighted by molar-refractivity contribution is -0.122. The van der Waals surface area contributed by atoms with Crippen LogP contribution < -0.4 is 25.0 Å². The van der Waals surface area contributed by atoms with Crippen molar-refractivity contribution in [3.63, 3.8) is 0 Å². The third-order valence-electron chi connectivity index (χ3n) is 5.91. The van der Waals surface area contributed by atoms with Gasteiger partial charge in [-0.1, -0.05) is 30.3 Å². The van der Waals surface area contributed by atoms with Crippen molar-refractivity contribution in [2.24, 2.45) is 0 Å². The molecule has 10 heteroatoms. The van der Waals surface area contributed by atoms with E-state index in [-0.39, 0.29) is 23.2 Å². The predicted molar refractivity (Wildman–Crippen MR) is 158 cm³/mol. The molecule has 1 heterocycles. The summed E-state index contributed by atoms with van der Waals surface area (Å²) in [7, 11) is 1.47. The quantitative estimate of drug-likeness (QED) is 0.167. The van der Waals surface area contributed by atoms with E-state index in [1.165, 1.54) is 18.1 Å². The fourth-order valence-electron chi connectivity index (χ4n) is 3.81. The lowest BCUT2D eigenvalue weighted by Gasteiger charge is -2.28. The number of aryl methyl sites for hydroxylation is 1. The number of amides is 3. The molecule has 1 aliphatic heterocycles. The Hall–Kier alpha value is -3.77. The van der Waals surface area contributed by atoms with Gasteiger partial charge in [0.1, 0.15) is 5.57 Å². The molecule has 8 nitrogen and oxygen atoms in total. The summed E-state index contributed by atoms with van der Waals surface area (Å²) in [5.41, 5.74) is 3.78. The number of nitrogens with one attached hydrogen (secondary N) is 2. The number of carbonyl (C=O) groups is 3. The normalized spacial score (nSPS) is 14.4. The average molecular weight is 641 g/mol. The van der Waals surface area contributed by atoms with Crippen LogP contribution in [0.1, 0.15) is 16.7 Å². The van der Waals surface area contributed by atoms with Crippen molar-refractivity contribution in [1.29, 1.82) is 0 Å². The van der Waals surface area contributed by atoms with E-state index in [0.29, 0.717) is 26.3 Å². The van der Waals surface area contributed by atoms with E-state index in [4.69, 9.17) is 21.7 Å². The molecule has 4 rings (SSSR count). The Morgan fingerprint density at radius 3 is 2.55 bits per heavy atom. The monoisotopic (exact) mass is 641 g/mol. The van der Waals surface area contributed by atoms with Crippen molar-refractivity contribution >= 4 is 75.1 Å². The molecule has 1 aliphatic rings. The average Bonchev–Trinajstić information content (AvgIpc) is 2.89. The molecule has 0 radical (unpaired) electrons. The molecule has 0 saturated carbocycles. The van der Waals surface area contributed by atoms with E-state index in [2.05, 4.69) is 33.2 Å². The molecule has 38 heavy (non-hydrogen) atoms. The van der Waals surface area contributed by atoms with Gasteiger partial charge in [0.05, 0.1) is 16.4 Å². The van der Waals surface area contributed by atoms with Crippen LogP contribution in [0.5, 0.6) is 11.5 Å². The Labute approximate surface area is 239 Å². The maximum Gasteiger partial charge on any atom is 0.270 e. The van der Waals surface area contributed by atoms with Crippen LogP contribution in [-0.4, -0.2) is 36.6 Å². The predicted octanol–water partition coefficient (Wildman–Crippen LogP) is 4.77. The topological polar surface area (TPSA) is 97.0 Å². The summed E-state index contributed by atoms with van der Waals surface area (Å²) >= 11 is 7.29. The van der Waals surface area contributed by atoms with Gasteiger partial charge in [0.15, 0.2) is 23.2 Å². The fraction of sp³-hybridized carbons (Fsp3) is 0.143. The number of nitrogens with zero attached hydrogens (tertiary/aromatic N) is 1. The Kier molecular flexibility index (Phi) is 8.42. The zero-order chi connectivity index (χ0) is 27.4. The molecule has 3 amide bonds. The number of anilines is 2. The maximum absolute atomic E-state index is 13.2. The fourth-order valence-corrected chi connectivity index (χ4v) is 4.87. The number of carbonyl (C=O) groups excluding carboxylic acids is 3. The summed E-state index contributed by atoms with van der Waals surface area (Å²) in [6.45, 7) is 3.68. The zero-order valence-corrected chi connectivity index (χ0v) is 23.8. The summed E-state index contributed by atoms with van der Waals surface area (Å²) < 4.78 is 11.9. The van der Waals surface area contributed by atoms with Gasteiger partial charge in [-0.2, -0.15) is 0 Å². The smallest absolute Gasteiger partial charge is 0.270 e. The number of hydrogen-bond acceptors (Lipinski definition) is 6. The van der Waals surface area contributed by atoms with E-state index in [1.807, 2.05) is 38.1 Å². The molecule has 0 spiro atoms. The minimum atomic E-state index is -0.593. The molecular formula is C28H24IN3O5S. The van der Waals surface area contributed by atoms with Gasteiger partial charge in [-0.25, -0.2) is 0 Å². The van der Waals surface area contributed by atoms with E-state index < -0.39 is 11.8 Å². The van der Waals surface area contributed by atoms with Gasteiger partial charge >= 0.3 is 0 Å². The SMILES string of the molecule is COc1cc(/C=C2/C(=O)NC(=S)N(c3ccccc3)C2=O)cc(I)c1OCC(=O)Nc1cccc(C)c1C. The van der Waals surface area contributed by atoms with E-state index >= 15 is 0 Å². The standard InChI is InChI=1S/C28H24IN3O5S/c1-16-8-7-11-22(17(16)2)30-24(33)15-37-25-21(29)13-18(14-23(25)36-3)12-20-26(34)31-28(38)32(27(20)35)19-9-5-4-6-10-19/h4-14H,15H2,1-3H3,(H,30,33)(H,31,34,38)/b20-12-. The van der Waals surface area contributed by atoms with Crippen LogP contribution in [0.15, 0.2) is 66.2 Å². The van der Waals surface area contributed by atoms with Gasteiger partial charge in [-0.15, -0.1) is 0 Å². The summed E-state index contributed by atoms with van der Waals surface area (Å²) in [4.78, 5) is 39.7. The van der Waals surface area contributed by atoms with Crippen LogP contribution in [0.3, 0.4) is 0 Å². The number of thiocarbonyl (C=S) groups is 1. The van der Waals surface area contributed by atoms with Crippen LogP contribution in [0, 0.1) is 17.4 Å². The highest BCUT2D eigenvalue weighted by atomic mass is 127. The van der Waals surface area contributed by atoms with Gasteiger partial charge in [0, 0.05) is 5.69 Å². The molecule has 0 aliphatic carbocycles. The van der Waals surface area contributed by atoms with E-state index in [1.54, 1.807) is 36.4 Å². The Morgan fingerprint density at radius 1 is 1.11 bits per heavy atom. The van der Waals surface area contributed by atoms with Crippen molar-refractivity contribution < 1.29 is 23.9 Å². The zero-order valence-electron chi connectivity index (χ0n) is 20.8. The van der Waals surface area contributed by atoms with Crippen LogP contribution in [0.4, 0.5) is 11.4 Å². The van der Waals surface area contributed by atoms with Crippen molar-refractivity contribution in [3.8, 4) is 11.5 Å². The van der Waals surface area contributed by atoms with Crippen molar-refractivity contribution in [2.45, 2.75) is 13.8 Å². The second-order valence-electron chi connectivity index (χ2n) is 8.41. The van der Waals surface area contributed by atoms with Crippen molar-refractivity contribution in [3.05, 3.63) is 86.5 Å². The van der Waals surface area contributed by atoms with Gasteiger partial charge in [-0.3, -0.25) is 24.6 Å². The number of halogens is 1. The Morgan fingerprint density at radius 2 is 1.84 bits per heavy atom. The van der Waals surface area contributed by atoms with Crippen LogP contribution in [0.25, 0.3) is 6.08 Å². The first-order chi connectivity index (χ1) is 18.2. The molecule has 0 aromatic heterocycles. The van der Waals surface area contributed by atoms with Gasteiger partial charge in [0.25, 0.3) is 17.7 Å². The highest BCUT2D eigenvalue weighted by Gasteiger charge is 2.34. The third kappa shape index (κ3) is 5.86. The van der Waals surface area contributed by atoms with Gasteiger partial charge in [-0.05, 0) is 102 Å². The lowest BCUT2D eigenvalue weighted by atomic mass is 10.1. The van der Waals surface area contributed by atoms with Gasteiger partial charge in [0.2, 0.25) is 0 Å². The molecule has 1 saturated heterocycles. The lowest BCUT2D eigenvalue weighted by Crippen LogP contribution is -2.54. The van der Waals surface area contributed by atoms with Crippen molar-refractivity contribution in [2.75, 3.05) is 23.9 Å². The largest absolute Gasteiger partial charge is 0.493 e. The van der Waals surface area contributed by atoms with Crippen LogP contribution in [-0.2, 0) is 14.4 Å². The number of ether oxygens (including phenoxy) is 2. The summed E-state index contributed by atoms with van der Waals surface area (Å²) in [5.74, 6) is -0.726. The second-order valence-corrected chi connectivity index (χ2v) is 9.96. The van der Waals surface area contributed by atoms with Crippen molar-refractivity contribution in [1.82, 2.24) is 5.32 Å². The third-order valence-corrected chi connectivity index (χ3v) is 6.99. The number of rotatable bonds is 7. The molecule has 2 N–H and O–H groups in total. The molecule has 0 unspecified atom stereocenters. The minimum absolute atomic E-state index is 0.0124. The molecule has 0 bridgehead atoms. The first-order valence-electron chi connectivity index (χ1n) is 11.5. The number of benzene rings is 3. The first-order valence-corrected chi connectivity index (χ1v) is 13.0. The first kappa shape index (κ1) is 27.3. The molecule has 1 fully saturated rings. The molecule has 194 valence electrons. The van der Waals surface area contributed by atoms with Gasteiger partial charge < -0.3 is 14.8 Å². The van der Waals surface area contributed by atoms with Crippen LogP contribution in [0.2, 0.25) is 0 Å². The summed E-state index contributed by atoms with van der Waals surface area (Å²) in [6.07, 6.45) is 1.47. The van der Waals surface area contributed by atoms with E-state index in [9.17, 15) is 14.4 Å². The molecule has 3 aromatic carbocycles.